The first kappa shape index (κ1) is 14.0. The summed E-state index contributed by atoms with van der Waals surface area (Å²) in [5, 5.41) is 9.21. The van der Waals surface area contributed by atoms with E-state index < -0.39 is 5.97 Å². The van der Waals surface area contributed by atoms with Crippen LogP contribution in [0, 0.1) is 0 Å². The SMILES string of the molecule is CCC1CN(Cc2ccccc2C(=O)O)CCCO1. The van der Waals surface area contributed by atoms with Crippen molar-refractivity contribution in [1.82, 2.24) is 4.90 Å². The van der Waals surface area contributed by atoms with E-state index >= 15 is 0 Å². The molecule has 104 valence electrons. The molecule has 0 aromatic heterocycles. The smallest absolute Gasteiger partial charge is 0.336 e. The zero-order chi connectivity index (χ0) is 13.7. The molecule has 1 fully saturated rings. The number of rotatable bonds is 4. The van der Waals surface area contributed by atoms with Gasteiger partial charge < -0.3 is 9.84 Å². The van der Waals surface area contributed by atoms with Gasteiger partial charge in [-0.25, -0.2) is 4.79 Å². The Morgan fingerprint density at radius 1 is 1.47 bits per heavy atom. The fourth-order valence-electron chi connectivity index (χ4n) is 2.47. The van der Waals surface area contributed by atoms with Gasteiger partial charge >= 0.3 is 5.97 Å². The van der Waals surface area contributed by atoms with Crippen LogP contribution in [-0.4, -0.2) is 41.8 Å². The zero-order valence-corrected chi connectivity index (χ0v) is 11.3. The van der Waals surface area contributed by atoms with E-state index in [0.29, 0.717) is 12.1 Å². The molecule has 1 aromatic carbocycles. The molecule has 0 bridgehead atoms. The summed E-state index contributed by atoms with van der Waals surface area (Å²) in [5.74, 6) is -0.853. The van der Waals surface area contributed by atoms with E-state index in [1.165, 1.54) is 0 Å². The van der Waals surface area contributed by atoms with Crippen molar-refractivity contribution >= 4 is 5.97 Å². The number of carbonyl (C=O) groups is 1. The summed E-state index contributed by atoms with van der Waals surface area (Å²) in [6, 6.07) is 7.24. The highest BCUT2D eigenvalue weighted by Gasteiger charge is 2.19. The molecule has 1 aliphatic heterocycles. The quantitative estimate of drug-likeness (QED) is 0.906. The summed E-state index contributed by atoms with van der Waals surface area (Å²) in [6.45, 7) is 5.45. The molecule has 1 unspecified atom stereocenters. The number of nitrogens with zero attached hydrogens (tertiary/aromatic N) is 1. The minimum absolute atomic E-state index is 0.263. The van der Waals surface area contributed by atoms with Crippen LogP contribution in [0.4, 0.5) is 0 Å². The van der Waals surface area contributed by atoms with Gasteiger partial charge in [0.05, 0.1) is 11.7 Å². The lowest BCUT2D eigenvalue weighted by molar-refractivity contribution is 0.0509. The minimum atomic E-state index is -0.853. The van der Waals surface area contributed by atoms with Crippen LogP contribution in [0.3, 0.4) is 0 Å². The minimum Gasteiger partial charge on any atom is -0.478 e. The average Bonchev–Trinajstić information content (AvgIpc) is 2.64. The van der Waals surface area contributed by atoms with Gasteiger partial charge in [-0.3, -0.25) is 4.90 Å². The number of ether oxygens (including phenoxy) is 1. The Balaban J connectivity index is 2.09. The van der Waals surface area contributed by atoms with Crippen LogP contribution < -0.4 is 0 Å². The van der Waals surface area contributed by atoms with Crippen molar-refractivity contribution in [1.29, 1.82) is 0 Å². The Bertz CT molecular complexity index is 433. The Hall–Kier alpha value is -1.39. The topological polar surface area (TPSA) is 49.8 Å². The maximum absolute atomic E-state index is 11.2. The highest BCUT2D eigenvalue weighted by Crippen LogP contribution is 2.15. The number of carboxylic acid groups (broad SMARTS) is 1. The molecule has 1 aromatic rings. The molecule has 4 nitrogen and oxygen atoms in total. The number of benzene rings is 1. The molecule has 19 heavy (non-hydrogen) atoms. The van der Waals surface area contributed by atoms with E-state index in [1.54, 1.807) is 12.1 Å². The molecule has 1 heterocycles. The molecule has 1 aliphatic rings. The lowest BCUT2D eigenvalue weighted by Gasteiger charge is -2.23. The molecular weight excluding hydrogens is 242 g/mol. The Morgan fingerprint density at radius 3 is 3.00 bits per heavy atom. The van der Waals surface area contributed by atoms with Gasteiger partial charge in [-0.1, -0.05) is 25.1 Å². The van der Waals surface area contributed by atoms with Gasteiger partial charge in [-0.2, -0.15) is 0 Å². The van der Waals surface area contributed by atoms with Crippen molar-refractivity contribution < 1.29 is 14.6 Å². The first-order valence-corrected chi connectivity index (χ1v) is 6.86. The summed E-state index contributed by atoms with van der Waals surface area (Å²) in [6.07, 6.45) is 2.27. The van der Waals surface area contributed by atoms with Gasteiger partial charge in [-0.15, -0.1) is 0 Å². The molecule has 1 saturated heterocycles. The molecule has 4 heteroatoms. The molecular formula is C15H21NO3. The van der Waals surface area contributed by atoms with Gasteiger partial charge in [0.25, 0.3) is 0 Å². The maximum atomic E-state index is 11.2. The summed E-state index contributed by atoms with van der Waals surface area (Å²) in [4.78, 5) is 13.5. The Morgan fingerprint density at radius 2 is 2.26 bits per heavy atom. The molecule has 1 atom stereocenters. The lowest BCUT2D eigenvalue weighted by atomic mass is 10.1. The Kier molecular flexibility index (Phi) is 4.93. The van der Waals surface area contributed by atoms with Crippen LogP contribution in [-0.2, 0) is 11.3 Å². The third-order valence-corrected chi connectivity index (χ3v) is 3.53. The molecule has 0 spiro atoms. The van der Waals surface area contributed by atoms with Crippen LogP contribution in [0.25, 0.3) is 0 Å². The van der Waals surface area contributed by atoms with Crippen molar-refractivity contribution in [3.63, 3.8) is 0 Å². The van der Waals surface area contributed by atoms with Gasteiger partial charge in [0.2, 0.25) is 0 Å². The van der Waals surface area contributed by atoms with E-state index in [9.17, 15) is 9.90 Å². The van der Waals surface area contributed by atoms with Crippen LogP contribution >= 0.6 is 0 Å². The molecule has 0 amide bonds. The van der Waals surface area contributed by atoms with Crippen LogP contribution in [0.2, 0.25) is 0 Å². The van der Waals surface area contributed by atoms with Gasteiger partial charge in [-0.05, 0) is 24.5 Å². The first-order chi connectivity index (χ1) is 9.20. The van der Waals surface area contributed by atoms with Crippen molar-refractivity contribution in [3.05, 3.63) is 35.4 Å². The largest absolute Gasteiger partial charge is 0.478 e. The van der Waals surface area contributed by atoms with Crippen molar-refractivity contribution in [2.24, 2.45) is 0 Å². The van der Waals surface area contributed by atoms with Crippen molar-refractivity contribution in [2.75, 3.05) is 19.7 Å². The fourth-order valence-corrected chi connectivity index (χ4v) is 2.47. The number of aromatic carboxylic acids is 1. The van der Waals surface area contributed by atoms with Crippen molar-refractivity contribution in [3.8, 4) is 0 Å². The van der Waals surface area contributed by atoms with E-state index in [1.807, 2.05) is 12.1 Å². The van der Waals surface area contributed by atoms with E-state index in [4.69, 9.17) is 4.74 Å². The number of hydrogen-bond acceptors (Lipinski definition) is 3. The summed E-state index contributed by atoms with van der Waals surface area (Å²) in [5.41, 5.74) is 1.28. The second-order valence-electron chi connectivity index (χ2n) is 4.95. The lowest BCUT2D eigenvalue weighted by Crippen LogP contribution is -2.31. The highest BCUT2D eigenvalue weighted by atomic mass is 16.5. The molecule has 2 rings (SSSR count). The van der Waals surface area contributed by atoms with Gasteiger partial charge in [0, 0.05) is 26.2 Å². The van der Waals surface area contributed by atoms with E-state index in [-0.39, 0.29) is 6.10 Å². The standard InChI is InChI=1S/C15H21NO3/c1-2-13-11-16(8-5-9-19-13)10-12-6-3-4-7-14(12)15(17)18/h3-4,6-7,13H,2,5,8-11H2,1H3,(H,17,18). The van der Waals surface area contributed by atoms with Crippen LogP contribution in [0.1, 0.15) is 35.7 Å². The molecule has 1 N–H and O–H groups in total. The van der Waals surface area contributed by atoms with E-state index in [0.717, 1.165) is 38.1 Å². The second kappa shape index (κ2) is 6.68. The highest BCUT2D eigenvalue weighted by molar-refractivity contribution is 5.89. The maximum Gasteiger partial charge on any atom is 0.336 e. The van der Waals surface area contributed by atoms with Crippen LogP contribution in [0.5, 0.6) is 0 Å². The van der Waals surface area contributed by atoms with Crippen LogP contribution in [0.15, 0.2) is 24.3 Å². The third-order valence-electron chi connectivity index (χ3n) is 3.53. The third kappa shape index (κ3) is 3.78. The van der Waals surface area contributed by atoms with Crippen molar-refractivity contribution in [2.45, 2.75) is 32.4 Å². The monoisotopic (exact) mass is 263 g/mol. The number of carboxylic acids is 1. The average molecular weight is 263 g/mol. The molecule has 0 radical (unpaired) electrons. The van der Waals surface area contributed by atoms with E-state index in [2.05, 4.69) is 11.8 Å². The second-order valence-corrected chi connectivity index (χ2v) is 4.95. The fraction of sp³-hybridized carbons (Fsp3) is 0.533. The zero-order valence-electron chi connectivity index (χ0n) is 11.3. The van der Waals surface area contributed by atoms with Gasteiger partial charge in [0.1, 0.15) is 0 Å². The predicted molar refractivity (Wildman–Crippen MR) is 73.3 cm³/mol. The molecule has 0 saturated carbocycles. The Labute approximate surface area is 114 Å². The number of hydrogen-bond donors (Lipinski definition) is 1. The summed E-state index contributed by atoms with van der Waals surface area (Å²) < 4.78 is 5.74. The predicted octanol–water partition coefficient (Wildman–Crippen LogP) is 2.39. The summed E-state index contributed by atoms with van der Waals surface area (Å²) >= 11 is 0. The summed E-state index contributed by atoms with van der Waals surface area (Å²) in [7, 11) is 0. The normalized spacial score (nSPS) is 21.0. The van der Waals surface area contributed by atoms with Gasteiger partial charge in [0.15, 0.2) is 0 Å². The first-order valence-electron chi connectivity index (χ1n) is 6.86. The molecule has 0 aliphatic carbocycles.